The van der Waals surface area contributed by atoms with E-state index in [0.717, 1.165) is 18.9 Å². The Morgan fingerprint density at radius 2 is 1.95 bits per heavy atom. The van der Waals surface area contributed by atoms with Crippen molar-refractivity contribution in [1.29, 1.82) is 0 Å². The smallest absolute Gasteiger partial charge is 0.191 e. The van der Waals surface area contributed by atoms with Gasteiger partial charge in [-0.15, -0.1) is 0 Å². The van der Waals surface area contributed by atoms with Crippen LogP contribution in [0.3, 0.4) is 0 Å². The Kier molecular flexibility index (Phi) is 6.22. The van der Waals surface area contributed by atoms with Crippen molar-refractivity contribution in [3.63, 3.8) is 0 Å². The molecule has 0 aliphatic heterocycles. The number of nitrogens with zero attached hydrogens (tertiary/aromatic N) is 1. The molecule has 118 valence electrons. The van der Waals surface area contributed by atoms with Crippen LogP contribution in [0.25, 0.3) is 10.8 Å². The first-order chi connectivity index (χ1) is 10.7. The predicted molar refractivity (Wildman–Crippen MR) is 93.5 cm³/mol. The molecule has 4 nitrogen and oxygen atoms in total. The maximum Gasteiger partial charge on any atom is 0.191 e. The van der Waals surface area contributed by atoms with Crippen molar-refractivity contribution in [3.8, 4) is 0 Å². The number of aliphatic imine (C=N–C) groups is 1. The zero-order chi connectivity index (χ0) is 15.8. The van der Waals surface area contributed by atoms with Gasteiger partial charge in [0.25, 0.3) is 0 Å². The second-order valence-electron chi connectivity index (χ2n) is 5.43. The number of fused-ring (bicyclic) bond motifs is 1. The number of hydrogen-bond donors (Lipinski definition) is 2. The van der Waals surface area contributed by atoms with Crippen molar-refractivity contribution in [2.45, 2.75) is 19.4 Å². The van der Waals surface area contributed by atoms with Crippen LogP contribution in [0.15, 0.2) is 47.5 Å². The summed E-state index contributed by atoms with van der Waals surface area (Å²) in [7, 11) is 3.49. The summed E-state index contributed by atoms with van der Waals surface area (Å²) >= 11 is 0. The van der Waals surface area contributed by atoms with Crippen LogP contribution in [-0.4, -0.2) is 39.3 Å². The third-order valence-corrected chi connectivity index (χ3v) is 3.54. The molecule has 0 aromatic heterocycles. The van der Waals surface area contributed by atoms with Crippen LogP contribution < -0.4 is 10.6 Å². The standard InChI is InChI=1S/C18H25N3O/c1-14(13-22-3)21-18(19-2)20-11-10-15-8-9-16-6-4-5-7-17(16)12-15/h4-9,12,14H,10-11,13H2,1-3H3,(H2,19,20,21). The lowest BCUT2D eigenvalue weighted by Gasteiger charge is -2.17. The van der Waals surface area contributed by atoms with Gasteiger partial charge in [-0.05, 0) is 29.7 Å². The van der Waals surface area contributed by atoms with E-state index < -0.39 is 0 Å². The Bertz CT molecular complexity index is 625. The molecular weight excluding hydrogens is 274 g/mol. The van der Waals surface area contributed by atoms with Gasteiger partial charge in [-0.2, -0.15) is 0 Å². The first-order valence-corrected chi connectivity index (χ1v) is 7.66. The summed E-state index contributed by atoms with van der Waals surface area (Å²) in [5.74, 6) is 0.810. The molecule has 2 N–H and O–H groups in total. The van der Waals surface area contributed by atoms with Crippen molar-refractivity contribution < 1.29 is 4.74 Å². The summed E-state index contributed by atoms with van der Waals surface area (Å²) in [5.41, 5.74) is 1.33. The third kappa shape index (κ3) is 4.74. The van der Waals surface area contributed by atoms with Gasteiger partial charge in [0.2, 0.25) is 0 Å². The van der Waals surface area contributed by atoms with Crippen molar-refractivity contribution in [2.24, 2.45) is 4.99 Å². The predicted octanol–water partition coefficient (Wildman–Crippen LogP) is 2.58. The van der Waals surface area contributed by atoms with Crippen molar-refractivity contribution >= 4 is 16.7 Å². The molecule has 0 aliphatic rings. The minimum Gasteiger partial charge on any atom is -0.383 e. The zero-order valence-corrected chi connectivity index (χ0v) is 13.6. The number of benzene rings is 2. The summed E-state index contributed by atoms with van der Waals surface area (Å²) in [4.78, 5) is 4.23. The monoisotopic (exact) mass is 299 g/mol. The molecule has 0 saturated heterocycles. The first kappa shape index (κ1) is 16.3. The highest BCUT2D eigenvalue weighted by molar-refractivity contribution is 5.83. The maximum atomic E-state index is 5.12. The van der Waals surface area contributed by atoms with E-state index in [0.29, 0.717) is 6.61 Å². The van der Waals surface area contributed by atoms with Crippen LogP contribution in [0.2, 0.25) is 0 Å². The Balaban J connectivity index is 1.86. The molecule has 1 unspecified atom stereocenters. The normalized spacial score (nSPS) is 13.1. The molecule has 2 rings (SSSR count). The quantitative estimate of drug-likeness (QED) is 0.636. The van der Waals surface area contributed by atoms with Crippen LogP contribution >= 0.6 is 0 Å². The lowest BCUT2D eigenvalue weighted by atomic mass is 10.1. The third-order valence-electron chi connectivity index (χ3n) is 3.54. The molecule has 22 heavy (non-hydrogen) atoms. The lowest BCUT2D eigenvalue weighted by molar-refractivity contribution is 0.179. The lowest BCUT2D eigenvalue weighted by Crippen LogP contribution is -2.44. The molecule has 2 aromatic carbocycles. The van der Waals surface area contributed by atoms with E-state index in [-0.39, 0.29) is 6.04 Å². The molecule has 0 saturated carbocycles. The largest absolute Gasteiger partial charge is 0.383 e. The fourth-order valence-corrected chi connectivity index (χ4v) is 2.44. The number of ether oxygens (including phenoxy) is 1. The minimum atomic E-state index is 0.233. The zero-order valence-electron chi connectivity index (χ0n) is 13.6. The van der Waals surface area contributed by atoms with E-state index in [1.54, 1.807) is 14.2 Å². The highest BCUT2D eigenvalue weighted by Gasteiger charge is 2.04. The second-order valence-corrected chi connectivity index (χ2v) is 5.43. The van der Waals surface area contributed by atoms with Gasteiger partial charge in [0.05, 0.1) is 6.61 Å². The van der Waals surface area contributed by atoms with Crippen molar-refractivity contribution in [3.05, 3.63) is 48.0 Å². The molecule has 0 amide bonds. The first-order valence-electron chi connectivity index (χ1n) is 7.66. The second kappa shape index (κ2) is 8.39. The Hall–Kier alpha value is -2.07. The SMILES string of the molecule is CN=C(NCCc1ccc2ccccc2c1)NC(C)COC. The van der Waals surface area contributed by atoms with Crippen LogP contribution in [0.4, 0.5) is 0 Å². The van der Waals surface area contributed by atoms with Gasteiger partial charge >= 0.3 is 0 Å². The van der Waals surface area contributed by atoms with Crippen LogP contribution in [0.1, 0.15) is 12.5 Å². The Morgan fingerprint density at radius 1 is 1.18 bits per heavy atom. The molecule has 4 heteroatoms. The Labute approximate surface area is 132 Å². The van der Waals surface area contributed by atoms with Gasteiger partial charge in [-0.3, -0.25) is 4.99 Å². The summed E-state index contributed by atoms with van der Waals surface area (Å²) < 4.78 is 5.12. The summed E-state index contributed by atoms with van der Waals surface area (Å²) in [6, 6.07) is 15.3. The minimum absolute atomic E-state index is 0.233. The fraction of sp³-hybridized carbons (Fsp3) is 0.389. The molecule has 0 aliphatic carbocycles. The number of guanidine groups is 1. The van der Waals surface area contributed by atoms with E-state index in [1.165, 1.54) is 16.3 Å². The van der Waals surface area contributed by atoms with Crippen LogP contribution in [-0.2, 0) is 11.2 Å². The average molecular weight is 299 g/mol. The molecule has 0 radical (unpaired) electrons. The molecule has 2 aromatic rings. The van der Waals surface area contributed by atoms with Gasteiger partial charge in [0.15, 0.2) is 5.96 Å². The summed E-state index contributed by atoms with van der Waals surface area (Å²) in [6.45, 7) is 3.57. The molecule has 0 bridgehead atoms. The maximum absolute atomic E-state index is 5.12. The highest BCUT2D eigenvalue weighted by Crippen LogP contribution is 2.15. The topological polar surface area (TPSA) is 45.7 Å². The number of methoxy groups -OCH3 is 1. The van der Waals surface area contributed by atoms with Crippen molar-refractivity contribution in [1.82, 2.24) is 10.6 Å². The average Bonchev–Trinajstić information content (AvgIpc) is 2.54. The van der Waals surface area contributed by atoms with Gasteiger partial charge in [-0.1, -0.05) is 42.5 Å². The van der Waals surface area contributed by atoms with Gasteiger partial charge in [-0.25, -0.2) is 0 Å². The number of rotatable bonds is 6. The molecule has 0 heterocycles. The molecule has 0 spiro atoms. The van der Waals surface area contributed by atoms with E-state index in [4.69, 9.17) is 4.74 Å². The van der Waals surface area contributed by atoms with Gasteiger partial charge in [0.1, 0.15) is 0 Å². The number of hydrogen-bond acceptors (Lipinski definition) is 2. The van der Waals surface area contributed by atoms with E-state index in [2.05, 4.69) is 65.0 Å². The van der Waals surface area contributed by atoms with Gasteiger partial charge in [0, 0.05) is 26.7 Å². The summed E-state index contributed by atoms with van der Waals surface area (Å²) in [6.07, 6.45) is 0.962. The van der Waals surface area contributed by atoms with Crippen LogP contribution in [0.5, 0.6) is 0 Å². The number of nitrogens with one attached hydrogen (secondary N) is 2. The fourth-order valence-electron chi connectivity index (χ4n) is 2.44. The molecular formula is C18H25N3O. The van der Waals surface area contributed by atoms with Crippen LogP contribution in [0, 0.1) is 0 Å². The van der Waals surface area contributed by atoms with Gasteiger partial charge < -0.3 is 15.4 Å². The van der Waals surface area contributed by atoms with E-state index in [1.807, 2.05) is 0 Å². The molecule has 0 fully saturated rings. The van der Waals surface area contributed by atoms with E-state index in [9.17, 15) is 0 Å². The highest BCUT2D eigenvalue weighted by atomic mass is 16.5. The molecule has 1 atom stereocenters. The van der Waals surface area contributed by atoms with E-state index >= 15 is 0 Å². The summed E-state index contributed by atoms with van der Waals surface area (Å²) in [5, 5.41) is 9.21. The Morgan fingerprint density at radius 3 is 2.68 bits per heavy atom. The van der Waals surface area contributed by atoms with Crippen molar-refractivity contribution in [2.75, 3.05) is 27.3 Å².